The van der Waals surface area contributed by atoms with Gasteiger partial charge in [0.2, 0.25) is 0 Å². The predicted molar refractivity (Wildman–Crippen MR) is 166 cm³/mol. The molecule has 0 unspecified atom stereocenters. The SMILES string of the molecule is Cc1cc2nc(-c3ncc(N4CCN(C(C)C)CC4)s3)sc2c(-c2ccc(Cl)cc2)c1[C@H](OC(C)(C)C)C(=O)O. The van der Waals surface area contributed by atoms with E-state index in [-0.39, 0.29) is 0 Å². The van der Waals surface area contributed by atoms with Crippen LogP contribution in [-0.2, 0) is 9.53 Å². The van der Waals surface area contributed by atoms with E-state index in [9.17, 15) is 9.90 Å². The van der Waals surface area contributed by atoms with Gasteiger partial charge in [-0.05, 0) is 70.9 Å². The summed E-state index contributed by atoms with van der Waals surface area (Å²) in [5.41, 5.74) is 3.29. The number of piperazine rings is 1. The summed E-state index contributed by atoms with van der Waals surface area (Å²) in [5, 5.41) is 13.7. The van der Waals surface area contributed by atoms with Gasteiger partial charge in [0.15, 0.2) is 16.1 Å². The molecule has 1 aliphatic heterocycles. The number of aryl methyl sites for hydroxylation is 1. The molecule has 0 amide bonds. The quantitative estimate of drug-likeness (QED) is 0.236. The summed E-state index contributed by atoms with van der Waals surface area (Å²) >= 11 is 9.42. The van der Waals surface area contributed by atoms with Crippen molar-refractivity contribution >= 4 is 55.5 Å². The summed E-state index contributed by atoms with van der Waals surface area (Å²) < 4.78 is 7.03. The zero-order chi connectivity index (χ0) is 28.8. The van der Waals surface area contributed by atoms with E-state index in [4.69, 9.17) is 26.3 Å². The summed E-state index contributed by atoms with van der Waals surface area (Å²) in [4.78, 5) is 27.2. The van der Waals surface area contributed by atoms with Crippen molar-refractivity contribution < 1.29 is 14.6 Å². The first-order valence-corrected chi connectivity index (χ1v) is 15.5. The molecule has 40 heavy (non-hydrogen) atoms. The number of halogens is 1. The van der Waals surface area contributed by atoms with E-state index in [0.717, 1.165) is 68.1 Å². The van der Waals surface area contributed by atoms with Crippen molar-refractivity contribution in [2.45, 2.75) is 59.3 Å². The highest BCUT2D eigenvalue weighted by Gasteiger charge is 2.32. The third kappa shape index (κ3) is 6.04. The molecule has 1 aliphatic rings. The number of carbonyl (C=O) groups is 1. The van der Waals surface area contributed by atoms with Gasteiger partial charge < -0.3 is 14.7 Å². The lowest BCUT2D eigenvalue weighted by molar-refractivity contribution is -0.160. The van der Waals surface area contributed by atoms with Gasteiger partial charge >= 0.3 is 5.97 Å². The van der Waals surface area contributed by atoms with Crippen molar-refractivity contribution in [3.8, 4) is 21.1 Å². The van der Waals surface area contributed by atoms with Crippen LogP contribution in [0.25, 0.3) is 31.4 Å². The molecule has 3 heterocycles. The van der Waals surface area contributed by atoms with Crippen LogP contribution in [0, 0.1) is 6.92 Å². The van der Waals surface area contributed by atoms with Crippen LogP contribution in [0.2, 0.25) is 5.02 Å². The number of aliphatic carboxylic acids is 1. The van der Waals surface area contributed by atoms with Crippen molar-refractivity contribution in [2.75, 3.05) is 31.1 Å². The molecule has 212 valence electrons. The Labute approximate surface area is 248 Å². The van der Waals surface area contributed by atoms with Crippen LogP contribution in [0.5, 0.6) is 0 Å². The average Bonchev–Trinajstić information content (AvgIpc) is 3.54. The highest BCUT2D eigenvalue weighted by molar-refractivity contribution is 7.26. The van der Waals surface area contributed by atoms with E-state index in [1.807, 2.05) is 64.2 Å². The maximum atomic E-state index is 12.6. The van der Waals surface area contributed by atoms with E-state index >= 15 is 0 Å². The lowest BCUT2D eigenvalue weighted by Gasteiger charge is -2.37. The molecule has 7 nitrogen and oxygen atoms in total. The van der Waals surface area contributed by atoms with Gasteiger partial charge in [-0.15, -0.1) is 11.3 Å². The predicted octanol–water partition coefficient (Wildman–Crippen LogP) is 7.52. The van der Waals surface area contributed by atoms with Gasteiger partial charge in [0.05, 0.1) is 22.0 Å². The topological polar surface area (TPSA) is 78.8 Å². The average molecular weight is 599 g/mol. The second kappa shape index (κ2) is 11.4. The number of ether oxygens (including phenoxy) is 1. The first-order valence-electron chi connectivity index (χ1n) is 13.5. The Bertz CT molecular complexity index is 1520. The summed E-state index contributed by atoms with van der Waals surface area (Å²) in [6.45, 7) is 16.1. The van der Waals surface area contributed by atoms with Crippen LogP contribution in [0.3, 0.4) is 0 Å². The van der Waals surface area contributed by atoms with Crippen LogP contribution >= 0.6 is 34.3 Å². The largest absolute Gasteiger partial charge is 0.479 e. The van der Waals surface area contributed by atoms with Gasteiger partial charge in [-0.3, -0.25) is 4.90 Å². The fourth-order valence-corrected chi connectivity index (χ4v) is 7.35. The third-order valence-corrected chi connectivity index (χ3v) is 9.59. The number of fused-ring (bicyclic) bond motifs is 1. The number of hydrogen-bond donors (Lipinski definition) is 1. The minimum atomic E-state index is -1.14. The van der Waals surface area contributed by atoms with Crippen molar-refractivity contribution in [1.82, 2.24) is 14.9 Å². The Morgan fingerprint density at radius 2 is 1.75 bits per heavy atom. The monoisotopic (exact) mass is 598 g/mol. The minimum Gasteiger partial charge on any atom is -0.479 e. The number of nitrogens with zero attached hydrogens (tertiary/aromatic N) is 4. The fourth-order valence-electron chi connectivity index (χ4n) is 5.10. The number of hydrogen-bond acceptors (Lipinski definition) is 8. The number of carboxylic acids is 1. The lowest BCUT2D eigenvalue weighted by Crippen LogP contribution is -2.48. The Morgan fingerprint density at radius 1 is 1.07 bits per heavy atom. The fraction of sp³-hybridized carbons (Fsp3) is 0.433. The Morgan fingerprint density at radius 3 is 2.35 bits per heavy atom. The number of benzene rings is 2. The Kier molecular flexibility index (Phi) is 8.23. The van der Waals surface area contributed by atoms with E-state index in [1.54, 1.807) is 11.3 Å². The van der Waals surface area contributed by atoms with Crippen molar-refractivity contribution in [2.24, 2.45) is 0 Å². The van der Waals surface area contributed by atoms with E-state index in [0.29, 0.717) is 16.6 Å². The number of rotatable bonds is 7. The molecule has 1 atom stereocenters. The van der Waals surface area contributed by atoms with Crippen LogP contribution in [0.15, 0.2) is 36.5 Å². The van der Waals surface area contributed by atoms with Gasteiger partial charge in [0, 0.05) is 48.4 Å². The second-order valence-electron chi connectivity index (χ2n) is 11.4. The molecular formula is C30H35ClN4O3S2. The van der Waals surface area contributed by atoms with Crippen LogP contribution in [-0.4, -0.2) is 63.8 Å². The highest BCUT2D eigenvalue weighted by Crippen LogP contribution is 2.45. The van der Waals surface area contributed by atoms with Crippen molar-refractivity contribution in [3.63, 3.8) is 0 Å². The van der Waals surface area contributed by atoms with Gasteiger partial charge in [0.1, 0.15) is 5.00 Å². The number of carboxylic acid groups (broad SMARTS) is 1. The standard InChI is InChI=1S/C30H35ClN4O3S2/c1-17(2)34-11-13-35(14-12-34)22-16-32-27(39-22)28-33-21-15-18(3)23(25(29(36)37)38-30(4,5)6)24(26(21)40-28)19-7-9-20(31)10-8-19/h7-10,15-17,25H,11-14H2,1-6H3,(H,36,37)/t25-/m0/s1. The van der Waals surface area contributed by atoms with E-state index < -0.39 is 17.7 Å². The van der Waals surface area contributed by atoms with Gasteiger partial charge in [0.25, 0.3) is 0 Å². The first-order chi connectivity index (χ1) is 18.9. The molecule has 0 spiro atoms. The third-order valence-electron chi connectivity index (χ3n) is 7.05. The maximum absolute atomic E-state index is 12.6. The number of thiazole rings is 2. The van der Waals surface area contributed by atoms with Gasteiger partial charge in [-0.1, -0.05) is 35.1 Å². The summed E-state index contributed by atoms with van der Waals surface area (Å²) in [6.07, 6.45) is 0.808. The second-order valence-corrected chi connectivity index (χ2v) is 13.9. The van der Waals surface area contributed by atoms with Crippen molar-refractivity contribution in [3.05, 3.63) is 52.7 Å². The Hall–Kier alpha value is -2.56. The smallest absolute Gasteiger partial charge is 0.337 e. The van der Waals surface area contributed by atoms with Crippen molar-refractivity contribution in [1.29, 1.82) is 0 Å². The molecule has 0 aliphatic carbocycles. The molecule has 0 radical (unpaired) electrons. The van der Waals surface area contributed by atoms with Gasteiger partial charge in [-0.25, -0.2) is 14.8 Å². The van der Waals surface area contributed by atoms with Gasteiger partial charge in [-0.2, -0.15) is 0 Å². The molecule has 1 N–H and O–H groups in total. The molecule has 1 saturated heterocycles. The van der Waals surface area contributed by atoms with E-state index in [2.05, 4.69) is 23.6 Å². The zero-order valence-corrected chi connectivity index (χ0v) is 26.1. The molecule has 5 rings (SSSR count). The van der Waals surface area contributed by atoms with E-state index in [1.165, 1.54) is 11.3 Å². The highest BCUT2D eigenvalue weighted by atomic mass is 35.5. The molecule has 4 aromatic rings. The number of anilines is 1. The molecular weight excluding hydrogens is 564 g/mol. The molecule has 2 aromatic heterocycles. The van der Waals surface area contributed by atoms with Crippen LogP contribution in [0.1, 0.15) is 51.8 Å². The normalized spacial score (nSPS) is 15.8. The maximum Gasteiger partial charge on any atom is 0.337 e. The lowest BCUT2D eigenvalue weighted by atomic mass is 9.91. The van der Waals surface area contributed by atoms with Crippen LogP contribution in [0.4, 0.5) is 5.00 Å². The summed E-state index contributed by atoms with van der Waals surface area (Å²) in [6, 6.07) is 10.0. The molecule has 10 heteroatoms. The molecule has 2 aromatic carbocycles. The van der Waals surface area contributed by atoms with Crippen LogP contribution < -0.4 is 4.90 Å². The summed E-state index contributed by atoms with van der Waals surface area (Å²) in [5.74, 6) is -1.03. The zero-order valence-electron chi connectivity index (χ0n) is 23.7. The summed E-state index contributed by atoms with van der Waals surface area (Å²) in [7, 11) is 0. The number of aromatic nitrogens is 2. The Balaban J connectivity index is 1.59. The minimum absolute atomic E-state index is 0.555. The molecule has 0 saturated carbocycles. The first kappa shape index (κ1) is 29.0. The molecule has 1 fully saturated rings. The molecule has 0 bridgehead atoms.